The van der Waals surface area contributed by atoms with E-state index in [1.807, 2.05) is 30.3 Å². The highest BCUT2D eigenvalue weighted by molar-refractivity contribution is 6.36. The lowest BCUT2D eigenvalue weighted by molar-refractivity contribution is -0.115. The molecule has 0 fully saturated rings. The van der Waals surface area contributed by atoms with Gasteiger partial charge in [0.1, 0.15) is 0 Å². The molecule has 0 unspecified atom stereocenters. The molecule has 0 atom stereocenters. The van der Waals surface area contributed by atoms with Gasteiger partial charge in [-0.15, -0.1) is 0 Å². The highest BCUT2D eigenvalue weighted by Gasteiger charge is 2.28. The standard InChI is InChI=1S/C19H14O3/c1-11-9-16(20)17(12(2)18(11)21)19(22)15-8-7-13-5-3-4-6-14(13)10-15/h3-10H,1-2H3. The number of Topliss-reactive ketones (excluding diaryl/α,β-unsaturated/α-hetero) is 2. The van der Waals surface area contributed by atoms with Crippen LogP contribution in [0.25, 0.3) is 10.8 Å². The number of benzene rings is 2. The Kier molecular flexibility index (Phi) is 3.33. The third-order valence-electron chi connectivity index (χ3n) is 3.91. The van der Waals surface area contributed by atoms with Crippen molar-refractivity contribution < 1.29 is 14.4 Å². The molecule has 0 radical (unpaired) electrons. The molecule has 0 aromatic heterocycles. The van der Waals surface area contributed by atoms with Gasteiger partial charge in [-0.2, -0.15) is 0 Å². The molecular weight excluding hydrogens is 276 g/mol. The van der Waals surface area contributed by atoms with Gasteiger partial charge in [-0.1, -0.05) is 36.4 Å². The summed E-state index contributed by atoms with van der Waals surface area (Å²) in [6.07, 6.45) is 1.24. The van der Waals surface area contributed by atoms with Crippen LogP contribution in [0, 0.1) is 0 Å². The van der Waals surface area contributed by atoms with Gasteiger partial charge >= 0.3 is 0 Å². The Hall–Kier alpha value is -2.81. The predicted molar refractivity (Wildman–Crippen MR) is 84.7 cm³/mol. The number of hydrogen-bond donors (Lipinski definition) is 0. The third kappa shape index (κ3) is 2.21. The molecule has 3 nitrogen and oxygen atoms in total. The summed E-state index contributed by atoms with van der Waals surface area (Å²) in [7, 11) is 0. The Balaban J connectivity index is 2.09. The van der Waals surface area contributed by atoms with Crippen molar-refractivity contribution in [2.75, 3.05) is 0 Å². The van der Waals surface area contributed by atoms with Crippen LogP contribution in [0.4, 0.5) is 0 Å². The molecule has 0 bridgehead atoms. The average molecular weight is 290 g/mol. The second-order valence-electron chi connectivity index (χ2n) is 5.41. The summed E-state index contributed by atoms with van der Waals surface area (Å²) < 4.78 is 0. The van der Waals surface area contributed by atoms with E-state index in [4.69, 9.17) is 0 Å². The Bertz CT molecular complexity index is 898. The van der Waals surface area contributed by atoms with Gasteiger partial charge in [0.05, 0.1) is 5.57 Å². The van der Waals surface area contributed by atoms with Crippen molar-refractivity contribution in [1.82, 2.24) is 0 Å². The molecule has 1 aliphatic carbocycles. The number of carbonyl (C=O) groups is 3. The maximum atomic E-state index is 12.7. The van der Waals surface area contributed by atoms with E-state index < -0.39 is 11.6 Å². The van der Waals surface area contributed by atoms with Crippen LogP contribution < -0.4 is 0 Å². The van der Waals surface area contributed by atoms with Crippen molar-refractivity contribution >= 4 is 28.1 Å². The van der Waals surface area contributed by atoms with Gasteiger partial charge in [-0.3, -0.25) is 14.4 Å². The first kappa shape index (κ1) is 14.1. The number of rotatable bonds is 2. The zero-order chi connectivity index (χ0) is 15.9. The fourth-order valence-electron chi connectivity index (χ4n) is 2.69. The van der Waals surface area contributed by atoms with Gasteiger partial charge in [0.15, 0.2) is 17.3 Å². The minimum absolute atomic E-state index is 0.0223. The molecule has 108 valence electrons. The summed E-state index contributed by atoms with van der Waals surface area (Å²) in [5.74, 6) is -1.04. The van der Waals surface area contributed by atoms with Gasteiger partial charge < -0.3 is 0 Å². The monoisotopic (exact) mass is 290 g/mol. The fourth-order valence-corrected chi connectivity index (χ4v) is 2.69. The topological polar surface area (TPSA) is 51.2 Å². The number of allylic oxidation sites excluding steroid dienone is 4. The molecule has 0 spiro atoms. The maximum Gasteiger partial charge on any atom is 0.197 e. The van der Waals surface area contributed by atoms with Crippen LogP contribution in [-0.2, 0) is 9.59 Å². The van der Waals surface area contributed by atoms with Crippen molar-refractivity contribution in [1.29, 1.82) is 0 Å². The largest absolute Gasteiger partial charge is 0.289 e. The molecule has 0 N–H and O–H groups in total. The summed E-state index contributed by atoms with van der Waals surface area (Å²) in [6, 6.07) is 13.0. The number of ketones is 3. The van der Waals surface area contributed by atoms with Crippen LogP contribution in [0.3, 0.4) is 0 Å². The van der Waals surface area contributed by atoms with Gasteiger partial charge in [-0.25, -0.2) is 0 Å². The molecule has 2 aromatic rings. The number of fused-ring (bicyclic) bond motifs is 1. The fraction of sp³-hybridized carbons (Fsp3) is 0.105. The second kappa shape index (κ2) is 5.19. The number of carbonyl (C=O) groups excluding carboxylic acids is 3. The zero-order valence-electron chi connectivity index (χ0n) is 12.3. The van der Waals surface area contributed by atoms with Crippen LogP contribution in [0.1, 0.15) is 24.2 Å². The summed E-state index contributed by atoms with van der Waals surface area (Å²) >= 11 is 0. The first-order chi connectivity index (χ1) is 10.5. The summed E-state index contributed by atoms with van der Waals surface area (Å²) in [4.78, 5) is 36.8. The molecule has 1 aliphatic rings. The van der Waals surface area contributed by atoms with Crippen LogP contribution in [-0.4, -0.2) is 17.3 Å². The van der Waals surface area contributed by atoms with E-state index >= 15 is 0 Å². The van der Waals surface area contributed by atoms with E-state index in [9.17, 15) is 14.4 Å². The Morgan fingerprint density at radius 3 is 2.32 bits per heavy atom. The lowest BCUT2D eigenvalue weighted by atomic mass is 9.86. The first-order valence-electron chi connectivity index (χ1n) is 7.01. The van der Waals surface area contributed by atoms with E-state index in [-0.39, 0.29) is 16.9 Å². The quantitative estimate of drug-likeness (QED) is 0.483. The zero-order valence-corrected chi connectivity index (χ0v) is 12.3. The molecule has 0 aliphatic heterocycles. The Labute approximate surface area is 127 Å². The van der Waals surface area contributed by atoms with Gasteiger partial charge in [-0.05, 0) is 36.8 Å². The second-order valence-corrected chi connectivity index (χ2v) is 5.41. The molecule has 0 heterocycles. The Morgan fingerprint density at radius 1 is 0.909 bits per heavy atom. The molecule has 3 rings (SSSR count). The van der Waals surface area contributed by atoms with E-state index in [2.05, 4.69) is 0 Å². The molecule has 0 saturated heterocycles. The lowest BCUT2D eigenvalue weighted by Crippen LogP contribution is -2.22. The smallest absolute Gasteiger partial charge is 0.197 e. The maximum absolute atomic E-state index is 12.7. The summed E-state index contributed by atoms with van der Waals surface area (Å²) in [5, 5.41) is 1.94. The molecule has 2 aromatic carbocycles. The first-order valence-corrected chi connectivity index (χ1v) is 7.01. The van der Waals surface area contributed by atoms with Crippen molar-refractivity contribution in [3.63, 3.8) is 0 Å². The minimum Gasteiger partial charge on any atom is -0.289 e. The van der Waals surface area contributed by atoms with Crippen LogP contribution in [0.15, 0.2) is 65.3 Å². The minimum atomic E-state index is -0.398. The van der Waals surface area contributed by atoms with Crippen LogP contribution in [0.2, 0.25) is 0 Å². The highest BCUT2D eigenvalue weighted by Crippen LogP contribution is 2.24. The van der Waals surface area contributed by atoms with E-state index in [1.165, 1.54) is 13.0 Å². The molecule has 22 heavy (non-hydrogen) atoms. The Morgan fingerprint density at radius 2 is 1.59 bits per heavy atom. The van der Waals surface area contributed by atoms with E-state index in [0.29, 0.717) is 11.1 Å². The van der Waals surface area contributed by atoms with Crippen molar-refractivity contribution in [2.45, 2.75) is 13.8 Å². The molecule has 0 saturated carbocycles. The van der Waals surface area contributed by atoms with Gasteiger partial charge in [0, 0.05) is 16.7 Å². The van der Waals surface area contributed by atoms with Crippen molar-refractivity contribution in [3.8, 4) is 0 Å². The molecular formula is C19H14O3. The normalized spacial score (nSPS) is 15.3. The van der Waals surface area contributed by atoms with Gasteiger partial charge in [0.25, 0.3) is 0 Å². The lowest BCUT2D eigenvalue weighted by Gasteiger charge is -2.14. The van der Waals surface area contributed by atoms with Crippen molar-refractivity contribution in [3.05, 3.63) is 70.8 Å². The summed E-state index contributed by atoms with van der Waals surface area (Å²) in [6.45, 7) is 3.12. The van der Waals surface area contributed by atoms with Crippen LogP contribution >= 0.6 is 0 Å². The average Bonchev–Trinajstić information content (AvgIpc) is 2.52. The van der Waals surface area contributed by atoms with Gasteiger partial charge in [0.2, 0.25) is 0 Å². The molecule has 0 amide bonds. The highest BCUT2D eigenvalue weighted by atomic mass is 16.2. The van der Waals surface area contributed by atoms with Crippen molar-refractivity contribution in [2.24, 2.45) is 0 Å². The van der Waals surface area contributed by atoms with Crippen LogP contribution in [0.5, 0.6) is 0 Å². The number of hydrogen-bond acceptors (Lipinski definition) is 3. The third-order valence-corrected chi connectivity index (χ3v) is 3.91. The van der Waals surface area contributed by atoms with E-state index in [1.54, 1.807) is 19.1 Å². The predicted octanol–water partition coefficient (Wildman–Crippen LogP) is 3.44. The van der Waals surface area contributed by atoms with E-state index in [0.717, 1.165) is 10.8 Å². The summed E-state index contributed by atoms with van der Waals surface area (Å²) in [5.41, 5.74) is 0.994. The SMILES string of the molecule is CC1=CC(=O)C(C(=O)c2ccc3ccccc3c2)=C(C)C1=O. The molecule has 3 heteroatoms.